The topological polar surface area (TPSA) is 36.9 Å². The lowest BCUT2D eigenvalue weighted by Gasteiger charge is -2.43. The van der Waals surface area contributed by atoms with Gasteiger partial charge in [0, 0.05) is 13.5 Å². The second kappa shape index (κ2) is 6.01. The molecule has 0 spiro atoms. The molecule has 0 amide bonds. The van der Waals surface area contributed by atoms with Gasteiger partial charge >= 0.3 is 0 Å². The van der Waals surface area contributed by atoms with Gasteiger partial charge in [0.2, 0.25) is 0 Å². The van der Waals surface area contributed by atoms with Crippen LogP contribution in [0.15, 0.2) is 30.3 Å². The smallest absolute Gasteiger partial charge is 0.108 e. The van der Waals surface area contributed by atoms with E-state index in [2.05, 4.69) is 12.1 Å². The molecule has 2 bridgehead atoms. The maximum Gasteiger partial charge on any atom is 0.108 e. The summed E-state index contributed by atoms with van der Waals surface area (Å²) in [5.74, 6) is 0. The fraction of sp³-hybridized carbons (Fsp3) is 0.600. The predicted octanol–water partition coefficient (Wildman–Crippen LogP) is 1.77. The fourth-order valence-electron chi connectivity index (χ4n) is 2.73. The molecule has 0 N–H and O–H groups in total. The van der Waals surface area contributed by atoms with Crippen LogP contribution in [0.25, 0.3) is 0 Å². The Balaban J connectivity index is 1.60. The Morgan fingerprint density at radius 1 is 1.11 bits per heavy atom. The molecule has 4 unspecified atom stereocenters. The van der Waals surface area contributed by atoms with E-state index in [1.54, 1.807) is 7.11 Å². The highest BCUT2D eigenvalue weighted by atomic mass is 16.6. The van der Waals surface area contributed by atoms with E-state index >= 15 is 0 Å². The van der Waals surface area contributed by atoms with Gasteiger partial charge in [-0.2, -0.15) is 0 Å². The average Bonchev–Trinajstić information content (AvgIpc) is 2.48. The monoisotopic (exact) mass is 264 g/mol. The molecule has 19 heavy (non-hydrogen) atoms. The van der Waals surface area contributed by atoms with E-state index < -0.39 is 0 Å². The third kappa shape index (κ3) is 2.98. The summed E-state index contributed by atoms with van der Waals surface area (Å²) >= 11 is 0. The number of fused-ring (bicyclic) bond motifs is 2. The first kappa shape index (κ1) is 13.1. The lowest BCUT2D eigenvalue weighted by atomic mass is 9.97. The normalized spacial score (nSPS) is 34.2. The maximum atomic E-state index is 6.00. The minimum Gasteiger partial charge on any atom is -0.379 e. The number of hydrogen-bond donors (Lipinski definition) is 0. The van der Waals surface area contributed by atoms with Gasteiger partial charge in [-0.3, -0.25) is 0 Å². The number of benzene rings is 1. The summed E-state index contributed by atoms with van der Waals surface area (Å²) in [7, 11) is 1.72. The fourth-order valence-corrected chi connectivity index (χ4v) is 2.73. The highest BCUT2D eigenvalue weighted by Gasteiger charge is 2.41. The third-order valence-corrected chi connectivity index (χ3v) is 3.82. The summed E-state index contributed by atoms with van der Waals surface area (Å²) < 4.78 is 23.0. The Labute approximate surface area is 113 Å². The second-order valence-corrected chi connectivity index (χ2v) is 5.10. The summed E-state index contributed by atoms with van der Waals surface area (Å²) in [6, 6.07) is 10.2. The zero-order valence-corrected chi connectivity index (χ0v) is 11.2. The summed E-state index contributed by atoms with van der Waals surface area (Å²) in [6.45, 7) is 1.85. The predicted molar refractivity (Wildman–Crippen MR) is 69.9 cm³/mol. The van der Waals surface area contributed by atoms with Crippen molar-refractivity contribution in [3.8, 4) is 0 Å². The maximum absolute atomic E-state index is 6.00. The molecular weight excluding hydrogens is 244 g/mol. The van der Waals surface area contributed by atoms with Gasteiger partial charge in [0.05, 0.1) is 32.0 Å². The molecular formula is C15H20O4. The Kier molecular flexibility index (Phi) is 4.13. The van der Waals surface area contributed by atoms with Gasteiger partial charge in [0.15, 0.2) is 0 Å². The molecule has 1 aromatic carbocycles. The van der Waals surface area contributed by atoms with Crippen molar-refractivity contribution in [3.05, 3.63) is 35.9 Å². The molecule has 104 valence electrons. The van der Waals surface area contributed by atoms with Gasteiger partial charge in [-0.05, 0) is 5.56 Å². The third-order valence-electron chi connectivity index (χ3n) is 3.82. The van der Waals surface area contributed by atoms with Crippen LogP contribution in [0.3, 0.4) is 0 Å². The van der Waals surface area contributed by atoms with Crippen LogP contribution in [0, 0.1) is 0 Å². The van der Waals surface area contributed by atoms with E-state index in [-0.39, 0.29) is 24.4 Å². The Morgan fingerprint density at radius 3 is 2.58 bits per heavy atom. The van der Waals surface area contributed by atoms with Crippen LogP contribution in [-0.2, 0) is 25.6 Å². The largest absolute Gasteiger partial charge is 0.379 e. The molecule has 2 aliphatic rings. The van der Waals surface area contributed by atoms with Crippen LogP contribution in [0.2, 0.25) is 0 Å². The summed E-state index contributed by atoms with van der Waals surface area (Å²) in [5.41, 5.74) is 1.18. The van der Waals surface area contributed by atoms with Crippen LogP contribution in [0.5, 0.6) is 0 Å². The first-order valence-corrected chi connectivity index (χ1v) is 6.78. The van der Waals surface area contributed by atoms with Crippen molar-refractivity contribution in [1.82, 2.24) is 0 Å². The highest BCUT2D eigenvalue weighted by Crippen LogP contribution is 2.28. The number of hydrogen-bond acceptors (Lipinski definition) is 4. The van der Waals surface area contributed by atoms with Crippen molar-refractivity contribution in [2.75, 3.05) is 20.3 Å². The van der Waals surface area contributed by atoms with Crippen LogP contribution in [0.1, 0.15) is 12.0 Å². The van der Waals surface area contributed by atoms with E-state index in [9.17, 15) is 0 Å². The van der Waals surface area contributed by atoms with E-state index in [4.69, 9.17) is 18.9 Å². The Morgan fingerprint density at radius 2 is 1.84 bits per heavy atom. The summed E-state index contributed by atoms with van der Waals surface area (Å²) in [4.78, 5) is 0. The summed E-state index contributed by atoms with van der Waals surface area (Å²) in [5, 5.41) is 0. The Bertz CT molecular complexity index is 394. The number of ether oxygens (including phenoxy) is 4. The van der Waals surface area contributed by atoms with Gasteiger partial charge in [-0.25, -0.2) is 0 Å². The summed E-state index contributed by atoms with van der Waals surface area (Å²) in [6.07, 6.45) is 1.08. The number of methoxy groups -OCH3 is 1. The second-order valence-electron chi connectivity index (χ2n) is 5.10. The molecule has 2 saturated heterocycles. The van der Waals surface area contributed by atoms with Crippen molar-refractivity contribution in [2.24, 2.45) is 0 Å². The quantitative estimate of drug-likeness (QED) is 0.830. The molecule has 2 fully saturated rings. The number of rotatable bonds is 4. The van der Waals surface area contributed by atoms with Crippen LogP contribution >= 0.6 is 0 Å². The van der Waals surface area contributed by atoms with E-state index in [0.29, 0.717) is 19.8 Å². The molecule has 0 radical (unpaired) electrons. The minimum atomic E-state index is 0.0360. The van der Waals surface area contributed by atoms with Crippen LogP contribution in [0.4, 0.5) is 0 Å². The molecule has 2 aliphatic heterocycles. The molecule has 2 heterocycles. The SMILES string of the molecule is COC1CC(OCc2ccccc2)C2COCC1O2. The minimum absolute atomic E-state index is 0.0360. The van der Waals surface area contributed by atoms with Crippen molar-refractivity contribution >= 4 is 0 Å². The Hall–Kier alpha value is -0.940. The van der Waals surface area contributed by atoms with Crippen molar-refractivity contribution in [2.45, 2.75) is 37.4 Å². The van der Waals surface area contributed by atoms with E-state index in [1.807, 2.05) is 18.2 Å². The van der Waals surface area contributed by atoms with Crippen LogP contribution < -0.4 is 0 Å². The molecule has 0 aromatic heterocycles. The molecule has 0 saturated carbocycles. The molecule has 4 atom stereocenters. The van der Waals surface area contributed by atoms with Gasteiger partial charge in [-0.15, -0.1) is 0 Å². The zero-order chi connectivity index (χ0) is 13.1. The zero-order valence-electron chi connectivity index (χ0n) is 11.2. The molecule has 4 nitrogen and oxygen atoms in total. The lowest BCUT2D eigenvalue weighted by Crippen LogP contribution is -2.55. The van der Waals surface area contributed by atoms with Gasteiger partial charge < -0.3 is 18.9 Å². The van der Waals surface area contributed by atoms with E-state index in [0.717, 1.165) is 6.42 Å². The molecule has 3 rings (SSSR count). The lowest BCUT2D eigenvalue weighted by molar-refractivity contribution is -0.250. The first-order valence-electron chi connectivity index (χ1n) is 6.78. The van der Waals surface area contributed by atoms with Gasteiger partial charge in [-0.1, -0.05) is 30.3 Å². The first-order chi connectivity index (χ1) is 9.36. The van der Waals surface area contributed by atoms with Gasteiger partial charge in [0.25, 0.3) is 0 Å². The van der Waals surface area contributed by atoms with Crippen molar-refractivity contribution in [1.29, 1.82) is 0 Å². The van der Waals surface area contributed by atoms with Crippen LogP contribution in [-0.4, -0.2) is 44.7 Å². The van der Waals surface area contributed by atoms with Crippen molar-refractivity contribution < 1.29 is 18.9 Å². The van der Waals surface area contributed by atoms with Crippen molar-refractivity contribution in [3.63, 3.8) is 0 Å². The standard InChI is InChI=1S/C15H20O4/c1-16-12-7-13(15-10-17-9-14(12)19-15)18-8-11-5-3-2-4-6-11/h2-6,12-15H,7-10H2,1H3. The average molecular weight is 264 g/mol. The van der Waals surface area contributed by atoms with Gasteiger partial charge in [0.1, 0.15) is 12.2 Å². The molecule has 4 heteroatoms. The molecule has 0 aliphatic carbocycles. The molecule has 1 aromatic rings. The van der Waals surface area contributed by atoms with E-state index in [1.165, 1.54) is 5.56 Å². The highest BCUT2D eigenvalue weighted by molar-refractivity contribution is 5.13.